The molecule has 11 rings (SSSR count). The van der Waals surface area contributed by atoms with Crippen molar-refractivity contribution in [2.45, 2.75) is 0 Å². The highest BCUT2D eigenvalue weighted by atomic mass is 16.3. The average Bonchev–Trinajstić information content (AvgIpc) is 3.64. The summed E-state index contributed by atoms with van der Waals surface area (Å²) < 4.78 is 6.53. The zero-order chi connectivity index (χ0) is 36.3. The van der Waals surface area contributed by atoms with E-state index in [9.17, 15) is 0 Å². The van der Waals surface area contributed by atoms with Gasteiger partial charge in [-0.3, -0.25) is 0 Å². The average molecular weight is 702 g/mol. The van der Waals surface area contributed by atoms with Crippen molar-refractivity contribution in [1.82, 2.24) is 15.0 Å². The third-order valence-electron chi connectivity index (χ3n) is 10.7. The molecule has 0 fully saturated rings. The summed E-state index contributed by atoms with van der Waals surface area (Å²) in [5, 5.41) is 9.05. The predicted molar refractivity (Wildman–Crippen MR) is 227 cm³/mol. The summed E-state index contributed by atoms with van der Waals surface area (Å²) in [7, 11) is 0. The Bertz CT molecular complexity index is 3260. The Labute approximate surface area is 317 Å². The van der Waals surface area contributed by atoms with Crippen LogP contribution in [0.1, 0.15) is 0 Å². The van der Waals surface area contributed by atoms with E-state index in [1.165, 1.54) is 21.5 Å². The molecule has 0 aliphatic heterocycles. The molecule has 0 bridgehead atoms. The van der Waals surface area contributed by atoms with Gasteiger partial charge in [0.05, 0.1) is 0 Å². The lowest BCUT2D eigenvalue weighted by Crippen LogP contribution is -2.01. The fraction of sp³-hybridized carbons (Fsp3) is 0. The molecule has 4 nitrogen and oxygen atoms in total. The number of hydrogen-bond acceptors (Lipinski definition) is 4. The Morgan fingerprint density at radius 1 is 0.291 bits per heavy atom. The standard InChI is InChI=1S/C51H31N3O/c1-3-12-32(13-4-1)37-26-27-42-46(31-37)55-45-21-11-20-43(48(42)45)51-53-49(39-25-22-33-14-7-8-18-36(33)28-39)52-50(54-51)40-29-38-24-23-35-17-9-10-19-41(35)47(38)44(30-40)34-15-5-2-6-16-34/h1-31H. The Morgan fingerprint density at radius 2 is 0.927 bits per heavy atom. The molecule has 0 aliphatic carbocycles. The van der Waals surface area contributed by atoms with Crippen LogP contribution < -0.4 is 0 Å². The maximum absolute atomic E-state index is 6.53. The molecule has 11 aromatic rings. The molecule has 0 amide bonds. The van der Waals surface area contributed by atoms with Crippen molar-refractivity contribution >= 4 is 54.3 Å². The largest absolute Gasteiger partial charge is 0.456 e. The molecule has 0 saturated carbocycles. The van der Waals surface area contributed by atoms with Crippen molar-refractivity contribution in [2.24, 2.45) is 0 Å². The third-order valence-corrected chi connectivity index (χ3v) is 10.7. The molecule has 0 unspecified atom stereocenters. The summed E-state index contributed by atoms with van der Waals surface area (Å²) in [4.78, 5) is 15.8. The minimum Gasteiger partial charge on any atom is -0.456 e. The minimum atomic E-state index is 0.591. The van der Waals surface area contributed by atoms with E-state index in [-0.39, 0.29) is 0 Å². The third kappa shape index (κ3) is 5.34. The maximum atomic E-state index is 6.53. The molecule has 0 radical (unpaired) electrons. The lowest BCUT2D eigenvalue weighted by molar-refractivity contribution is 0.669. The quantitative estimate of drug-likeness (QED) is 0.168. The highest BCUT2D eigenvalue weighted by Crippen LogP contribution is 2.41. The van der Waals surface area contributed by atoms with Gasteiger partial charge in [0.2, 0.25) is 0 Å². The summed E-state index contributed by atoms with van der Waals surface area (Å²) in [5.74, 6) is 1.81. The number of rotatable bonds is 5. The van der Waals surface area contributed by atoms with Crippen molar-refractivity contribution in [2.75, 3.05) is 0 Å². The first-order valence-corrected chi connectivity index (χ1v) is 18.5. The zero-order valence-corrected chi connectivity index (χ0v) is 29.6. The first kappa shape index (κ1) is 31.1. The molecular weight excluding hydrogens is 671 g/mol. The summed E-state index contributed by atoms with van der Waals surface area (Å²) in [6.45, 7) is 0. The van der Waals surface area contributed by atoms with Crippen LogP contribution in [-0.2, 0) is 0 Å². The zero-order valence-electron chi connectivity index (χ0n) is 29.6. The van der Waals surface area contributed by atoms with E-state index in [0.717, 1.165) is 71.7 Å². The second-order valence-electron chi connectivity index (χ2n) is 14.0. The van der Waals surface area contributed by atoms with Gasteiger partial charge in [-0.15, -0.1) is 0 Å². The van der Waals surface area contributed by atoms with E-state index in [2.05, 4.69) is 170 Å². The molecule has 256 valence electrons. The van der Waals surface area contributed by atoms with E-state index in [0.29, 0.717) is 17.5 Å². The second-order valence-corrected chi connectivity index (χ2v) is 14.0. The molecule has 2 aromatic heterocycles. The normalized spacial score (nSPS) is 11.6. The number of nitrogens with zero attached hydrogens (tertiary/aromatic N) is 3. The lowest BCUT2D eigenvalue weighted by atomic mass is 9.91. The van der Waals surface area contributed by atoms with Crippen molar-refractivity contribution in [3.63, 3.8) is 0 Å². The number of furan rings is 1. The first-order valence-electron chi connectivity index (χ1n) is 18.5. The predicted octanol–water partition coefficient (Wildman–Crippen LogP) is 13.6. The van der Waals surface area contributed by atoms with E-state index in [1.807, 2.05) is 18.2 Å². The van der Waals surface area contributed by atoms with Crippen molar-refractivity contribution < 1.29 is 4.42 Å². The first-order chi connectivity index (χ1) is 27.2. The van der Waals surface area contributed by atoms with Gasteiger partial charge < -0.3 is 4.42 Å². The highest BCUT2D eigenvalue weighted by Gasteiger charge is 2.20. The number of aromatic nitrogens is 3. The van der Waals surface area contributed by atoms with Crippen LogP contribution >= 0.6 is 0 Å². The highest BCUT2D eigenvalue weighted by molar-refractivity contribution is 6.16. The van der Waals surface area contributed by atoms with Crippen LogP contribution in [0.5, 0.6) is 0 Å². The summed E-state index contributed by atoms with van der Waals surface area (Å²) >= 11 is 0. The Balaban J connectivity index is 1.17. The molecule has 2 heterocycles. The van der Waals surface area contributed by atoms with Crippen molar-refractivity contribution in [3.05, 3.63) is 188 Å². The smallest absolute Gasteiger partial charge is 0.164 e. The number of fused-ring (bicyclic) bond motifs is 7. The fourth-order valence-corrected chi connectivity index (χ4v) is 8.03. The molecule has 0 N–H and O–H groups in total. The van der Waals surface area contributed by atoms with Crippen LogP contribution in [0.25, 0.3) is 111 Å². The van der Waals surface area contributed by atoms with Gasteiger partial charge in [-0.05, 0) is 91.0 Å². The fourth-order valence-electron chi connectivity index (χ4n) is 8.03. The van der Waals surface area contributed by atoms with Crippen LogP contribution in [0, 0.1) is 0 Å². The van der Waals surface area contributed by atoms with Gasteiger partial charge in [-0.2, -0.15) is 0 Å². The van der Waals surface area contributed by atoms with E-state index in [1.54, 1.807) is 0 Å². The van der Waals surface area contributed by atoms with Crippen LogP contribution in [0.2, 0.25) is 0 Å². The van der Waals surface area contributed by atoms with Gasteiger partial charge in [0, 0.05) is 27.5 Å². The lowest BCUT2D eigenvalue weighted by Gasteiger charge is -2.14. The monoisotopic (exact) mass is 701 g/mol. The summed E-state index contributed by atoms with van der Waals surface area (Å²) in [5.41, 5.74) is 8.87. The van der Waals surface area contributed by atoms with Crippen LogP contribution in [0.4, 0.5) is 0 Å². The van der Waals surface area contributed by atoms with Gasteiger partial charge >= 0.3 is 0 Å². The summed E-state index contributed by atoms with van der Waals surface area (Å²) in [6, 6.07) is 65.8. The Kier molecular flexibility index (Phi) is 7.14. The molecule has 9 aromatic carbocycles. The molecule has 4 heteroatoms. The van der Waals surface area contributed by atoms with Crippen LogP contribution in [-0.4, -0.2) is 15.0 Å². The molecule has 0 spiro atoms. The van der Waals surface area contributed by atoms with Crippen LogP contribution in [0.3, 0.4) is 0 Å². The van der Waals surface area contributed by atoms with E-state index in [4.69, 9.17) is 19.4 Å². The molecular formula is C51H31N3O. The van der Waals surface area contributed by atoms with Crippen molar-refractivity contribution in [1.29, 1.82) is 0 Å². The van der Waals surface area contributed by atoms with Gasteiger partial charge in [0.1, 0.15) is 11.2 Å². The maximum Gasteiger partial charge on any atom is 0.164 e. The van der Waals surface area contributed by atoms with E-state index >= 15 is 0 Å². The molecule has 0 atom stereocenters. The Hall–Kier alpha value is -7.43. The summed E-state index contributed by atoms with van der Waals surface area (Å²) in [6.07, 6.45) is 0. The SMILES string of the molecule is c1ccc(-c2ccc3c(c2)oc2cccc(-c4nc(-c5ccc6ccccc6c5)nc(-c5cc(-c6ccccc6)c6c(ccc7ccccc76)c5)n4)c23)cc1. The topological polar surface area (TPSA) is 51.8 Å². The number of hydrogen-bond donors (Lipinski definition) is 0. The van der Waals surface area contributed by atoms with Gasteiger partial charge in [0.15, 0.2) is 17.5 Å². The van der Waals surface area contributed by atoms with Gasteiger partial charge in [0.25, 0.3) is 0 Å². The van der Waals surface area contributed by atoms with E-state index < -0.39 is 0 Å². The second kappa shape index (κ2) is 12.6. The Morgan fingerprint density at radius 3 is 1.76 bits per heavy atom. The molecule has 0 aliphatic rings. The van der Waals surface area contributed by atoms with Gasteiger partial charge in [-0.1, -0.05) is 152 Å². The van der Waals surface area contributed by atoms with Gasteiger partial charge in [-0.25, -0.2) is 15.0 Å². The molecule has 55 heavy (non-hydrogen) atoms. The number of benzene rings is 9. The van der Waals surface area contributed by atoms with Crippen molar-refractivity contribution in [3.8, 4) is 56.4 Å². The molecule has 0 saturated heterocycles. The van der Waals surface area contributed by atoms with Crippen LogP contribution in [0.15, 0.2) is 192 Å². The minimum absolute atomic E-state index is 0.591.